The van der Waals surface area contributed by atoms with Crippen LogP contribution in [0.5, 0.6) is 23.0 Å². The lowest BCUT2D eigenvalue weighted by Crippen LogP contribution is -2.24. The molecule has 0 saturated carbocycles. The van der Waals surface area contributed by atoms with Gasteiger partial charge in [-0.15, -0.1) is 0 Å². The number of nitrogens with one attached hydrogen (secondary N) is 1. The molecular formula is C19H23NO5. The van der Waals surface area contributed by atoms with Gasteiger partial charge in [-0.2, -0.15) is 0 Å². The van der Waals surface area contributed by atoms with Crippen LogP contribution in [0.25, 0.3) is 0 Å². The summed E-state index contributed by atoms with van der Waals surface area (Å²) < 4.78 is 21.0. The van der Waals surface area contributed by atoms with Crippen molar-refractivity contribution < 1.29 is 23.7 Å². The van der Waals surface area contributed by atoms with Crippen LogP contribution < -0.4 is 24.3 Å². The van der Waals surface area contributed by atoms with E-state index >= 15 is 0 Å². The van der Waals surface area contributed by atoms with Gasteiger partial charge in [-0.25, -0.2) is 0 Å². The van der Waals surface area contributed by atoms with Gasteiger partial charge in [-0.3, -0.25) is 4.79 Å². The first kappa shape index (κ1) is 18.4. The summed E-state index contributed by atoms with van der Waals surface area (Å²) in [5.41, 5.74) is 1.69. The van der Waals surface area contributed by atoms with Crippen molar-refractivity contribution >= 4 is 5.91 Å². The summed E-state index contributed by atoms with van der Waals surface area (Å²) in [6.07, 6.45) is 0.202. The van der Waals surface area contributed by atoms with Crippen molar-refractivity contribution in [1.82, 2.24) is 5.32 Å². The van der Waals surface area contributed by atoms with Gasteiger partial charge >= 0.3 is 0 Å². The van der Waals surface area contributed by atoms with E-state index in [1.54, 1.807) is 46.6 Å². The highest BCUT2D eigenvalue weighted by atomic mass is 16.5. The molecule has 0 saturated heterocycles. The average molecular weight is 345 g/mol. The van der Waals surface area contributed by atoms with E-state index in [2.05, 4.69) is 5.32 Å². The summed E-state index contributed by atoms with van der Waals surface area (Å²) in [6.45, 7) is 0.394. The number of benzene rings is 2. The van der Waals surface area contributed by atoms with E-state index in [0.717, 1.165) is 11.1 Å². The minimum absolute atomic E-state index is 0.110. The topological polar surface area (TPSA) is 66.0 Å². The Bertz CT molecular complexity index is 730. The quantitative estimate of drug-likeness (QED) is 0.797. The third-order valence-electron chi connectivity index (χ3n) is 3.78. The van der Waals surface area contributed by atoms with Crippen LogP contribution in [0, 0.1) is 0 Å². The molecule has 6 nitrogen and oxygen atoms in total. The number of ether oxygens (including phenoxy) is 4. The molecule has 0 bridgehead atoms. The lowest BCUT2D eigenvalue weighted by atomic mass is 10.1. The second-order valence-electron chi connectivity index (χ2n) is 5.32. The summed E-state index contributed by atoms with van der Waals surface area (Å²) in [5.74, 6) is 2.51. The van der Waals surface area contributed by atoms with E-state index in [-0.39, 0.29) is 12.3 Å². The molecule has 0 atom stereocenters. The Labute approximate surface area is 147 Å². The van der Waals surface area contributed by atoms with Crippen molar-refractivity contribution in [3.63, 3.8) is 0 Å². The van der Waals surface area contributed by atoms with Crippen molar-refractivity contribution in [1.29, 1.82) is 0 Å². The number of methoxy groups -OCH3 is 4. The van der Waals surface area contributed by atoms with Gasteiger partial charge in [-0.05, 0) is 35.9 Å². The number of rotatable bonds is 8. The molecule has 0 spiro atoms. The van der Waals surface area contributed by atoms with E-state index in [0.29, 0.717) is 29.5 Å². The molecule has 0 fully saturated rings. The molecule has 0 aromatic heterocycles. The standard InChI is InChI=1S/C19H23NO5/c1-22-15-6-8-16(23-2)14(10-15)11-19(21)20-12-13-5-7-17(24-3)18(9-13)25-4/h5-10H,11-12H2,1-4H3,(H,20,21). The smallest absolute Gasteiger partial charge is 0.224 e. The first-order valence-corrected chi connectivity index (χ1v) is 7.79. The van der Waals surface area contributed by atoms with Crippen LogP contribution in [0.4, 0.5) is 0 Å². The van der Waals surface area contributed by atoms with E-state index in [9.17, 15) is 4.79 Å². The zero-order valence-electron chi connectivity index (χ0n) is 14.9. The lowest BCUT2D eigenvalue weighted by molar-refractivity contribution is -0.120. The molecule has 0 aliphatic heterocycles. The molecule has 0 unspecified atom stereocenters. The average Bonchev–Trinajstić information content (AvgIpc) is 2.65. The number of amides is 1. The van der Waals surface area contributed by atoms with Gasteiger partial charge in [0.25, 0.3) is 0 Å². The molecule has 0 heterocycles. The van der Waals surface area contributed by atoms with Gasteiger partial charge in [0.15, 0.2) is 11.5 Å². The molecule has 1 amide bonds. The molecule has 2 rings (SSSR count). The normalized spacial score (nSPS) is 10.1. The first-order valence-electron chi connectivity index (χ1n) is 7.79. The van der Waals surface area contributed by atoms with Crippen LogP contribution in [0.15, 0.2) is 36.4 Å². The minimum Gasteiger partial charge on any atom is -0.497 e. The lowest BCUT2D eigenvalue weighted by Gasteiger charge is -2.12. The number of hydrogen-bond donors (Lipinski definition) is 1. The van der Waals surface area contributed by atoms with Crippen LogP contribution in [0.3, 0.4) is 0 Å². The fourth-order valence-electron chi connectivity index (χ4n) is 2.45. The van der Waals surface area contributed by atoms with Crippen molar-refractivity contribution in [2.24, 2.45) is 0 Å². The fourth-order valence-corrected chi connectivity index (χ4v) is 2.45. The number of hydrogen-bond acceptors (Lipinski definition) is 5. The summed E-state index contributed by atoms with van der Waals surface area (Å²) in [5, 5.41) is 2.89. The maximum atomic E-state index is 12.3. The van der Waals surface area contributed by atoms with E-state index in [4.69, 9.17) is 18.9 Å². The second kappa shape index (κ2) is 8.82. The van der Waals surface area contributed by atoms with Crippen LogP contribution >= 0.6 is 0 Å². The van der Waals surface area contributed by atoms with E-state index in [1.165, 1.54) is 0 Å². The molecule has 1 N–H and O–H groups in total. The summed E-state index contributed by atoms with van der Waals surface area (Å²) in [7, 11) is 6.33. The Morgan fingerprint density at radius 2 is 1.52 bits per heavy atom. The Hall–Kier alpha value is -2.89. The van der Waals surface area contributed by atoms with Crippen molar-refractivity contribution in [3.8, 4) is 23.0 Å². The summed E-state index contributed by atoms with van der Waals surface area (Å²) in [6, 6.07) is 10.9. The Balaban J connectivity index is 2.01. The number of carbonyl (C=O) groups excluding carboxylic acids is 1. The molecule has 2 aromatic rings. The minimum atomic E-state index is -0.110. The molecule has 0 aliphatic rings. The SMILES string of the molecule is COc1ccc(OC)c(CC(=O)NCc2ccc(OC)c(OC)c2)c1. The van der Waals surface area contributed by atoms with Gasteiger partial charge in [0, 0.05) is 12.1 Å². The monoisotopic (exact) mass is 345 g/mol. The van der Waals surface area contributed by atoms with Gasteiger partial charge < -0.3 is 24.3 Å². The Kier molecular flexibility index (Phi) is 6.51. The summed E-state index contributed by atoms with van der Waals surface area (Å²) >= 11 is 0. The van der Waals surface area contributed by atoms with Crippen LogP contribution in [-0.2, 0) is 17.8 Å². The van der Waals surface area contributed by atoms with E-state index < -0.39 is 0 Å². The highest BCUT2D eigenvalue weighted by molar-refractivity contribution is 5.79. The van der Waals surface area contributed by atoms with E-state index in [1.807, 2.05) is 18.2 Å². The largest absolute Gasteiger partial charge is 0.497 e. The van der Waals surface area contributed by atoms with Crippen LogP contribution in [0.2, 0.25) is 0 Å². The third-order valence-corrected chi connectivity index (χ3v) is 3.78. The Morgan fingerprint density at radius 1 is 0.840 bits per heavy atom. The predicted octanol–water partition coefficient (Wildman–Crippen LogP) is 2.58. The number of carbonyl (C=O) groups is 1. The molecular weight excluding hydrogens is 322 g/mol. The Morgan fingerprint density at radius 3 is 2.16 bits per heavy atom. The van der Waals surface area contributed by atoms with Crippen molar-refractivity contribution in [2.45, 2.75) is 13.0 Å². The molecule has 25 heavy (non-hydrogen) atoms. The second-order valence-corrected chi connectivity index (χ2v) is 5.32. The van der Waals surface area contributed by atoms with Gasteiger partial charge in [-0.1, -0.05) is 6.07 Å². The van der Waals surface area contributed by atoms with Gasteiger partial charge in [0.2, 0.25) is 5.91 Å². The summed E-state index contributed by atoms with van der Waals surface area (Å²) in [4.78, 5) is 12.3. The van der Waals surface area contributed by atoms with Gasteiger partial charge in [0.1, 0.15) is 11.5 Å². The predicted molar refractivity (Wildman–Crippen MR) is 94.6 cm³/mol. The van der Waals surface area contributed by atoms with Crippen LogP contribution in [-0.4, -0.2) is 34.3 Å². The van der Waals surface area contributed by atoms with Gasteiger partial charge in [0.05, 0.1) is 34.9 Å². The highest BCUT2D eigenvalue weighted by Crippen LogP contribution is 2.27. The molecule has 2 aromatic carbocycles. The van der Waals surface area contributed by atoms with Crippen LogP contribution in [0.1, 0.15) is 11.1 Å². The maximum Gasteiger partial charge on any atom is 0.224 e. The zero-order valence-corrected chi connectivity index (χ0v) is 14.9. The maximum absolute atomic E-state index is 12.3. The molecule has 0 radical (unpaired) electrons. The molecule has 0 aliphatic carbocycles. The van der Waals surface area contributed by atoms with Crippen molar-refractivity contribution in [2.75, 3.05) is 28.4 Å². The first-order chi connectivity index (χ1) is 12.1. The fraction of sp³-hybridized carbons (Fsp3) is 0.316. The highest BCUT2D eigenvalue weighted by Gasteiger charge is 2.11. The molecule has 6 heteroatoms. The zero-order chi connectivity index (χ0) is 18.2. The third kappa shape index (κ3) is 4.79. The molecule has 134 valence electrons. The van der Waals surface area contributed by atoms with Crippen molar-refractivity contribution in [3.05, 3.63) is 47.5 Å².